The molecule has 0 heterocycles. The summed E-state index contributed by atoms with van der Waals surface area (Å²) in [6.07, 6.45) is 8.96. The van der Waals surface area contributed by atoms with Crippen molar-refractivity contribution in [1.29, 1.82) is 0 Å². The molecule has 0 N–H and O–H groups in total. The maximum atomic E-state index is 2.60. The van der Waals surface area contributed by atoms with Crippen molar-refractivity contribution in [3.05, 3.63) is 79.7 Å². The van der Waals surface area contributed by atoms with E-state index in [2.05, 4.69) is 80.7 Å². The molecule has 0 nitrogen and oxygen atoms in total. The maximum absolute atomic E-state index is 2.60. The quantitative estimate of drug-likeness (QED) is 0.452. The van der Waals surface area contributed by atoms with Gasteiger partial charge in [-0.15, -0.1) is 0 Å². The molecule has 0 aliphatic heterocycles. The van der Waals surface area contributed by atoms with Gasteiger partial charge >= 0.3 is 170 Å². The zero-order valence-corrected chi connectivity index (χ0v) is 22.9. The third-order valence-electron chi connectivity index (χ3n) is 5.60. The largest absolute Gasteiger partial charge is 1.00 e. The van der Waals surface area contributed by atoms with Crippen molar-refractivity contribution < 1.29 is 46.3 Å². The van der Waals surface area contributed by atoms with Crippen molar-refractivity contribution in [3.8, 4) is 0 Å². The smallest absolute Gasteiger partial charge is 1.00 e. The first-order valence-corrected chi connectivity index (χ1v) is 19.5. The number of halogens is 2. The Balaban J connectivity index is 0.00000140. The zero-order valence-electron chi connectivity index (χ0n) is 16.8. The molecule has 2 aliphatic carbocycles. The van der Waals surface area contributed by atoms with Crippen LogP contribution in [0.3, 0.4) is 0 Å². The van der Waals surface area contributed by atoms with Crippen molar-refractivity contribution in [1.82, 2.24) is 0 Å². The van der Waals surface area contributed by atoms with Crippen molar-refractivity contribution in [3.63, 3.8) is 0 Å². The third kappa shape index (κ3) is 4.66. The van der Waals surface area contributed by atoms with Gasteiger partial charge in [0.1, 0.15) is 0 Å². The standard InChI is InChI=1S/C22H21.C2H6Si.2ClH.Hf/c1-2-3-8-18-15-17-10-5-7-12-20(17)22(18)21-14-13-16-9-4-6-11-19(16)21;1-3-2;;;/h4-7,9-13,15,21-22H,2-3,8H2,1H3;1-2H3;2*1H;/q;;;;+2/p-2. The Labute approximate surface area is 193 Å². The predicted molar refractivity (Wildman–Crippen MR) is 111 cm³/mol. The minimum Gasteiger partial charge on any atom is -1.00 e. The summed E-state index contributed by atoms with van der Waals surface area (Å²) in [4.78, 5) is 0. The van der Waals surface area contributed by atoms with E-state index in [-0.39, 0.29) is 30.3 Å². The number of fused-ring (bicyclic) bond motifs is 2. The molecule has 0 aromatic heterocycles. The fourth-order valence-electron chi connectivity index (χ4n) is 4.53. The number of hydrogen-bond donors (Lipinski definition) is 0. The van der Waals surface area contributed by atoms with Crippen molar-refractivity contribution in [2.45, 2.75) is 51.1 Å². The van der Waals surface area contributed by atoms with E-state index < -0.39 is 21.5 Å². The van der Waals surface area contributed by atoms with Crippen LogP contribution in [0.2, 0.25) is 13.1 Å². The van der Waals surface area contributed by atoms with E-state index >= 15 is 0 Å². The molecule has 0 saturated heterocycles. The van der Waals surface area contributed by atoms with E-state index in [1.807, 2.05) is 3.33 Å². The maximum Gasteiger partial charge on any atom is -1.00 e. The molecule has 145 valence electrons. The number of unbranched alkanes of at least 4 members (excludes halogenated alkanes) is 1. The van der Waals surface area contributed by atoms with Crippen LogP contribution < -0.4 is 24.8 Å². The van der Waals surface area contributed by atoms with Gasteiger partial charge in [-0.25, -0.2) is 0 Å². The van der Waals surface area contributed by atoms with Crippen LogP contribution in [0.5, 0.6) is 0 Å². The van der Waals surface area contributed by atoms with Crippen molar-refractivity contribution >= 4 is 17.6 Å². The molecule has 28 heavy (non-hydrogen) atoms. The normalized spacial score (nSPS) is 18.7. The molecule has 0 radical (unpaired) electrons. The van der Waals surface area contributed by atoms with E-state index in [0.29, 0.717) is 11.8 Å². The van der Waals surface area contributed by atoms with E-state index in [1.54, 1.807) is 16.7 Å². The van der Waals surface area contributed by atoms with E-state index in [1.165, 1.54) is 30.4 Å². The topological polar surface area (TPSA) is 0 Å². The molecular formula is C24H27Cl2HfSi. The molecule has 0 bridgehead atoms. The van der Waals surface area contributed by atoms with Crippen LogP contribution in [-0.4, -0.2) is 5.49 Å². The van der Waals surface area contributed by atoms with Gasteiger partial charge in [-0.05, 0) is 0 Å². The van der Waals surface area contributed by atoms with Gasteiger partial charge in [0.25, 0.3) is 0 Å². The van der Waals surface area contributed by atoms with Gasteiger partial charge in [-0.1, -0.05) is 0 Å². The summed E-state index contributed by atoms with van der Waals surface area (Å²) >= 11 is -0.698. The average Bonchev–Trinajstić information content (AvgIpc) is 3.16. The summed E-state index contributed by atoms with van der Waals surface area (Å²) in [6.45, 7) is 7.38. The van der Waals surface area contributed by atoms with Crippen LogP contribution in [0.1, 0.15) is 60.3 Å². The Morgan fingerprint density at radius 3 is 2.00 bits per heavy atom. The molecule has 2 aromatic carbocycles. The monoisotopic (exact) mass is 593 g/mol. The first kappa shape index (κ1) is 23.9. The number of benzene rings is 2. The van der Waals surface area contributed by atoms with Gasteiger partial charge in [-0.2, -0.15) is 0 Å². The molecule has 2 aliphatic rings. The summed E-state index contributed by atoms with van der Waals surface area (Å²) in [7, 11) is 0. The molecule has 4 rings (SSSR count). The fourth-order valence-corrected chi connectivity index (χ4v) is 15.7. The van der Waals surface area contributed by atoms with Gasteiger partial charge < -0.3 is 24.8 Å². The van der Waals surface area contributed by atoms with E-state index in [0.717, 1.165) is 0 Å². The van der Waals surface area contributed by atoms with Crippen LogP contribution in [0, 0.1) is 0 Å². The molecule has 2 unspecified atom stereocenters. The van der Waals surface area contributed by atoms with E-state index in [9.17, 15) is 0 Å². The average molecular weight is 593 g/mol. The number of allylic oxidation sites excluding steroid dienone is 2. The van der Waals surface area contributed by atoms with Crippen LogP contribution in [0.25, 0.3) is 12.2 Å². The summed E-state index contributed by atoms with van der Waals surface area (Å²) < 4.78 is 1.87. The van der Waals surface area contributed by atoms with Gasteiger partial charge in [0, 0.05) is 0 Å². The Morgan fingerprint density at radius 2 is 1.39 bits per heavy atom. The van der Waals surface area contributed by atoms with Gasteiger partial charge in [0.2, 0.25) is 0 Å². The minimum absolute atomic E-state index is 0. The Morgan fingerprint density at radius 1 is 0.821 bits per heavy atom. The second kappa shape index (κ2) is 10.6. The Kier molecular flexibility index (Phi) is 9.00. The molecule has 0 amide bonds. The van der Waals surface area contributed by atoms with Gasteiger partial charge in [0.05, 0.1) is 0 Å². The summed E-state index contributed by atoms with van der Waals surface area (Å²) in [5.41, 5.74) is 7.74. The third-order valence-corrected chi connectivity index (χ3v) is 16.5. The van der Waals surface area contributed by atoms with Crippen LogP contribution in [0.4, 0.5) is 0 Å². The summed E-state index contributed by atoms with van der Waals surface area (Å²) in [6, 6.07) is 18.4. The molecule has 0 fully saturated rings. The Hall–Kier alpha value is -0.413. The molecular weight excluding hydrogens is 566 g/mol. The van der Waals surface area contributed by atoms with Gasteiger partial charge in [0.15, 0.2) is 0 Å². The summed E-state index contributed by atoms with van der Waals surface area (Å²) in [5, 5.41) is 0. The van der Waals surface area contributed by atoms with Gasteiger partial charge in [-0.3, -0.25) is 0 Å². The molecule has 2 aromatic rings. The predicted octanol–water partition coefficient (Wildman–Crippen LogP) is 0.837. The molecule has 0 spiro atoms. The van der Waals surface area contributed by atoms with Crippen LogP contribution >= 0.6 is 0 Å². The molecule has 2 atom stereocenters. The number of hydrogen-bond acceptors (Lipinski definition) is 0. The zero-order chi connectivity index (χ0) is 18.1. The van der Waals surface area contributed by atoms with Crippen LogP contribution in [-0.2, 0) is 21.5 Å². The first-order chi connectivity index (χ1) is 12.7. The van der Waals surface area contributed by atoms with E-state index in [4.69, 9.17) is 0 Å². The second-order valence-corrected chi connectivity index (χ2v) is 25.6. The first-order valence-electron chi connectivity index (χ1n) is 9.86. The summed E-state index contributed by atoms with van der Waals surface area (Å²) in [5.74, 6) is 1.21. The van der Waals surface area contributed by atoms with Crippen LogP contribution in [0.15, 0.2) is 57.4 Å². The molecule has 0 saturated carbocycles. The van der Waals surface area contributed by atoms with Crippen molar-refractivity contribution in [2.75, 3.05) is 0 Å². The fraction of sp³-hybridized carbons (Fsp3) is 0.333. The molecule has 4 heteroatoms. The Bertz CT molecular complexity index is 926. The number of rotatable bonds is 5. The second-order valence-electron chi connectivity index (χ2n) is 7.76. The SMILES string of the molecule is CCCCC1=Cc2ccccc2C1C1[C]([Hf+2]=[Si](C)C)=Cc2ccccc21.[Cl-].[Cl-]. The minimum atomic E-state index is -0.698. The van der Waals surface area contributed by atoms with Crippen molar-refractivity contribution in [2.24, 2.45) is 0 Å².